The van der Waals surface area contributed by atoms with Gasteiger partial charge in [0.1, 0.15) is 0 Å². The largest absolute Gasteiger partial charge is 0.479 e. The van der Waals surface area contributed by atoms with Gasteiger partial charge in [0, 0.05) is 5.92 Å². The molecule has 0 radical (unpaired) electrons. The fraction of sp³-hybridized carbons (Fsp3) is 0.562. The first-order chi connectivity index (χ1) is 8.81. The third-order valence-corrected chi connectivity index (χ3v) is 3.75. The molecule has 0 saturated carbocycles. The van der Waals surface area contributed by atoms with Crippen LogP contribution in [0.2, 0.25) is 0 Å². The SMILES string of the molecule is CCC(O)(C(=O)O)C(C)c1ccc(CC(C)C)cc1. The average Bonchev–Trinajstić information content (AvgIpc) is 2.37. The Balaban J connectivity index is 2.94. The van der Waals surface area contributed by atoms with Gasteiger partial charge in [-0.05, 0) is 29.9 Å². The maximum atomic E-state index is 11.2. The molecule has 0 aliphatic carbocycles. The van der Waals surface area contributed by atoms with E-state index in [-0.39, 0.29) is 6.42 Å². The summed E-state index contributed by atoms with van der Waals surface area (Å²) < 4.78 is 0. The van der Waals surface area contributed by atoms with Crippen LogP contribution in [0.4, 0.5) is 0 Å². The maximum absolute atomic E-state index is 11.2. The third-order valence-electron chi connectivity index (χ3n) is 3.75. The van der Waals surface area contributed by atoms with Crippen molar-refractivity contribution >= 4 is 5.97 Å². The van der Waals surface area contributed by atoms with E-state index in [1.54, 1.807) is 13.8 Å². The fourth-order valence-corrected chi connectivity index (χ4v) is 2.33. The van der Waals surface area contributed by atoms with Crippen LogP contribution in [0.3, 0.4) is 0 Å². The van der Waals surface area contributed by atoms with Crippen molar-refractivity contribution in [3.05, 3.63) is 35.4 Å². The van der Waals surface area contributed by atoms with Gasteiger partial charge in [-0.2, -0.15) is 0 Å². The van der Waals surface area contributed by atoms with Crippen molar-refractivity contribution in [2.45, 2.75) is 52.1 Å². The van der Waals surface area contributed by atoms with Crippen LogP contribution in [0.15, 0.2) is 24.3 Å². The van der Waals surface area contributed by atoms with E-state index in [4.69, 9.17) is 0 Å². The zero-order valence-corrected chi connectivity index (χ0v) is 12.2. The minimum Gasteiger partial charge on any atom is -0.479 e. The molecule has 2 N–H and O–H groups in total. The van der Waals surface area contributed by atoms with E-state index < -0.39 is 17.5 Å². The zero-order valence-electron chi connectivity index (χ0n) is 12.2. The number of aliphatic hydroxyl groups is 1. The summed E-state index contributed by atoms with van der Waals surface area (Å²) in [5.74, 6) is -0.994. The van der Waals surface area contributed by atoms with E-state index in [1.165, 1.54) is 5.56 Å². The third kappa shape index (κ3) is 3.57. The van der Waals surface area contributed by atoms with Crippen molar-refractivity contribution in [1.82, 2.24) is 0 Å². The quantitative estimate of drug-likeness (QED) is 0.829. The van der Waals surface area contributed by atoms with Crippen molar-refractivity contribution in [3.8, 4) is 0 Å². The maximum Gasteiger partial charge on any atom is 0.336 e. The van der Waals surface area contributed by atoms with E-state index in [2.05, 4.69) is 13.8 Å². The van der Waals surface area contributed by atoms with Gasteiger partial charge in [0.05, 0.1) is 0 Å². The number of carbonyl (C=O) groups is 1. The fourth-order valence-electron chi connectivity index (χ4n) is 2.33. The molecule has 1 aromatic rings. The van der Waals surface area contributed by atoms with Gasteiger partial charge in [-0.1, -0.05) is 52.0 Å². The van der Waals surface area contributed by atoms with Gasteiger partial charge in [-0.3, -0.25) is 0 Å². The van der Waals surface area contributed by atoms with E-state index >= 15 is 0 Å². The molecule has 0 aliphatic rings. The van der Waals surface area contributed by atoms with Gasteiger partial charge in [-0.25, -0.2) is 4.79 Å². The second kappa shape index (κ2) is 6.20. The molecule has 0 aliphatic heterocycles. The predicted octanol–water partition coefficient (Wildman–Crippen LogP) is 3.21. The highest BCUT2D eigenvalue weighted by Gasteiger charge is 2.40. The van der Waals surface area contributed by atoms with Gasteiger partial charge < -0.3 is 10.2 Å². The summed E-state index contributed by atoms with van der Waals surface area (Å²) in [4.78, 5) is 11.2. The van der Waals surface area contributed by atoms with Crippen LogP contribution in [0.5, 0.6) is 0 Å². The molecule has 3 nitrogen and oxygen atoms in total. The highest BCUT2D eigenvalue weighted by molar-refractivity contribution is 5.78. The number of carboxylic acid groups (broad SMARTS) is 1. The smallest absolute Gasteiger partial charge is 0.336 e. The number of carboxylic acids is 1. The summed E-state index contributed by atoms with van der Waals surface area (Å²) in [6.07, 6.45) is 1.20. The normalized spacial score (nSPS) is 16.1. The number of aliphatic carboxylic acids is 1. The molecular weight excluding hydrogens is 240 g/mol. The summed E-state index contributed by atoms with van der Waals surface area (Å²) in [5, 5.41) is 19.4. The molecule has 2 atom stereocenters. The number of hydrogen-bond acceptors (Lipinski definition) is 2. The molecule has 0 heterocycles. The molecule has 1 rings (SSSR count). The lowest BCUT2D eigenvalue weighted by atomic mass is 9.81. The molecule has 0 saturated heterocycles. The summed E-state index contributed by atoms with van der Waals surface area (Å²) >= 11 is 0. The summed E-state index contributed by atoms with van der Waals surface area (Å²) in [6.45, 7) is 7.78. The van der Waals surface area contributed by atoms with Crippen LogP contribution in [0.25, 0.3) is 0 Å². The molecule has 1 aromatic carbocycles. The van der Waals surface area contributed by atoms with E-state index in [0.29, 0.717) is 5.92 Å². The van der Waals surface area contributed by atoms with Gasteiger partial charge in [-0.15, -0.1) is 0 Å². The topological polar surface area (TPSA) is 57.5 Å². The Kier molecular flexibility index (Phi) is 5.12. The molecule has 2 unspecified atom stereocenters. The van der Waals surface area contributed by atoms with Crippen LogP contribution in [0, 0.1) is 5.92 Å². The van der Waals surface area contributed by atoms with E-state index in [0.717, 1.165) is 12.0 Å². The Morgan fingerprint density at radius 1 is 1.21 bits per heavy atom. The van der Waals surface area contributed by atoms with Gasteiger partial charge in [0.15, 0.2) is 5.60 Å². The van der Waals surface area contributed by atoms with Crippen molar-refractivity contribution < 1.29 is 15.0 Å². The lowest BCUT2D eigenvalue weighted by Crippen LogP contribution is -2.42. The zero-order chi connectivity index (χ0) is 14.6. The van der Waals surface area contributed by atoms with Crippen molar-refractivity contribution in [2.75, 3.05) is 0 Å². The minimum atomic E-state index is -1.69. The van der Waals surface area contributed by atoms with E-state index in [1.807, 2.05) is 24.3 Å². The molecule has 0 bridgehead atoms. The average molecular weight is 264 g/mol. The van der Waals surface area contributed by atoms with E-state index in [9.17, 15) is 15.0 Å². The lowest BCUT2D eigenvalue weighted by molar-refractivity contribution is -0.161. The number of hydrogen-bond donors (Lipinski definition) is 2. The van der Waals surface area contributed by atoms with Gasteiger partial charge >= 0.3 is 5.97 Å². The minimum absolute atomic E-state index is 0.192. The Bertz CT molecular complexity index is 422. The second-order valence-corrected chi connectivity index (χ2v) is 5.64. The number of rotatable bonds is 6. The summed E-state index contributed by atoms with van der Waals surface area (Å²) in [7, 11) is 0. The first-order valence-corrected chi connectivity index (χ1v) is 6.85. The second-order valence-electron chi connectivity index (χ2n) is 5.64. The first-order valence-electron chi connectivity index (χ1n) is 6.85. The molecular formula is C16H24O3. The number of benzene rings is 1. The molecule has 0 spiro atoms. The highest BCUT2D eigenvalue weighted by atomic mass is 16.4. The molecule has 0 fully saturated rings. The molecule has 19 heavy (non-hydrogen) atoms. The standard InChI is InChI=1S/C16H24O3/c1-5-16(19,15(17)18)12(4)14-8-6-13(7-9-14)10-11(2)3/h6-9,11-12,19H,5,10H2,1-4H3,(H,17,18). The van der Waals surface area contributed by atoms with Crippen LogP contribution in [-0.4, -0.2) is 21.8 Å². The Morgan fingerprint density at radius 3 is 2.11 bits per heavy atom. The van der Waals surface area contributed by atoms with Crippen molar-refractivity contribution in [1.29, 1.82) is 0 Å². The van der Waals surface area contributed by atoms with Crippen LogP contribution < -0.4 is 0 Å². The Hall–Kier alpha value is -1.35. The molecule has 3 heteroatoms. The van der Waals surface area contributed by atoms with Crippen LogP contribution in [-0.2, 0) is 11.2 Å². The summed E-state index contributed by atoms with van der Waals surface area (Å²) in [5.41, 5.74) is 0.403. The molecule has 0 amide bonds. The van der Waals surface area contributed by atoms with Gasteiger partial charge in [0.25, 0.3) is 0 Å². The van der Waals surface area contributed by atoms with Gasteiger partial charge in [0.2, 0.25) is 0 Å². The summed E-state index contributed by atoms with van der Waals surface area (Å²) in [6, 6.07) is 7.88. The first kappa shape index (κ1) is 15.7. The lowest BCUT2D eigenvalue weighted by Gasteiger charge is -2.29. The van der Waals surface area contributed by atoms with Crippen LogP contribution in [0.1, 0.15) is 51.2 Å². The predicted molar refractivity (Wildman–Crippen MR) is 76.3 cm³/mol. The monoisotopic (exact) mass is 264 g/mol. The van der Waals surface area contributed by atoms with Crippen molar-refractivity contribution in [2.24, 2.45) is 5.92 Å². The Labute approximate surface area is 115 Å². The van der Waals surface area contributed by atoms with Crippen molar-refractivity contribution in [3.63, 3.8) is 0 Å². The molecule has 0 aromatic heterocycles. The molecule has 106 valence electrons. The highest BCUT2D eigenvalue weighted by Crippen LogP contribution is 2.31. The Morgan fingerprint density at radius 2 is 1.74 bits per heavy atom. The van der Waals surface area contributed by atoms with Crippen LogP contribution >= 0.6 is 0 Å².